The quantitative estimate of drug-likeness (QED) is 0.423. The monoisotopic (exact) mass is 294 g/mol. The molecular formula is C5H3Cl5N4. The number of hydrogen-bond acceptors (Lipinski definition) is 4. The predicted molar refractivity (Wildman–Crippen MR) is 58.1 cm³/mol. The van der Waals surface area contributed by atoms with E-state index in [9.17, 15) is 0 Å². The van der Waals surface area contributed by atoms with E-state index in [0.29, 0.717) is 5.70 Å². The summed E-state index contributed by atoms with van der Waals surface area (Å²) in [5.41, 5.74) is 0.473. The second kappa shape index (κ2) is 3.20. The Hall–Kier alpha value is 0.420. The van der Waals surface area contributed by atoms with E-state index in [4.69, 9.17) is 58.4 Å². The normalized spacial score (nSPS) is 35.2. The van der Waals surface area contributed by atoms with E-state index < -0.39 is 9.70 Å². The molecular weight excluding hydrogens is 293 g/mol. The molecule has 0 bridgehead atoms. The summed E-state index contributed by atoms with van der Waals surface area (Å²) in [5, 5.41) is 1.43. The summed E-state index contributed by atoms with van der Waals surface area (Å²) in [6, 6.07) is 0. The van der Waals surface area contributed by atoms with Crippen LogP contribution in [0.15, 0.2) is 16.9 Å². The maximum atomic E-state index is 6.08. The molecule has 0 aromatic heterocycles. The smallest absolute Gasteiger partial charge is 0.280 e. The van der Waals surface area contributed by atoms with Gasteiger partial charge in [-0.3, -0.25) is 0 Å². The fourth-order valence-electron chi connectivity index (χ4n) is 1.08. The van der Waals surface area contributed by atoms with Crippen molar-refractivity contribution in [3.8, 4) is 0 Å². The molecule has 0 amide bonds. The van der Waals surface area contributed by atoms with Gasteiger partial charge in [0.15, 0.2) is 0 Å². The van der Waals surface area contributed by atoms with Gasteiger partial charge < -0.3 is 5.32 Å². The lowest BCUT2D eigenvalue weighted by Gasteiger charge is -2.43. The number of alkyl halides is 3. The van der Waals surface area contributed by atoms with Crippen LogP contribution in [0.25, 0.3) is 0 Å². The van der Waals surface area contributed by atoms with Crippen LogP contribution in [0.1, 0.15) is 0 Å². The maximum absolute atomic E-state index is 6.08. The first-order valence-corrected chi connectivity index (χ1v) is 5.20. The Morgan fingerprint density at radius 1 is 1.29 bits per heavy atom. The first-order valence-electron chi connectivity index (χ1n) is 3.39. The summed E-state index contributed by atoms with van der Waals surface area (Å²) < 4.78 is 0.224. The minimum absolute atomic E-state index is 0.473. The largest absolute Gasteiger partial charge is 0.345 e. The zero-order valence-electron chi connectivity index (χ0n) is 6.39. The standard InChI is InChI=1S/C5H3Cl5N4/c6-4-3(11-2-12-4)1-13(9)5(7,8)14(4)10/h1-2H,(H,11,12). The van der Waals surface area contributed by atoms with Crippen LogP contribution in [-0.2, 0) is 0 Å². The van der Waals surface area contributed by atoms with Gasteiger partial charge in [0.25, 0.3) is 4.58 Å². The molecule has 0 radical (unpaired) electrons. The molecule has 1 atom stereocenters. The number of rotatable bonds is 0. The summed E-state index contributed by atoms with van der Waals surface area (Å²) in [7, 11) is 0. The molecule has 2 aliphatic rings. The Bertz CT molecular complexity index is 328. The van der Waals surface area contributed by atoms with Crippen LogP contribution < -0.4 is 5.32 Å². The molecule has 0 aromatic carbocycles. The van der Waals surface area contributed by atoms with E-state index in [1.54, 1.807) is 0 Å². The molecule has 4 nitrogen and oxygen atoms in total. The third-order valence-electron chi connectivity index (χ3n) is 1.79. The summed E-state index contributed by atoms with van der Waals surface area (Å²) in [4.78, 5) is 3.90. The van der Waals surface area contributed by atoms with Gasteiger partial charge in [0.05, 0.1) is 12.0 Å². The van der Waals surface area contributed by atoms with Crippen molar-refractivity contribution in [3.63, 3.8) is 0 Å². The van der Waals surface area contributed by atoms with Gasteiger partial charge in [0.2, 0.25) is 5.12 Å². The van der Waals surface area contributed by atoms with E-state index in [0.717, 1.165) is 8.84 Å². The minimum Gasteiger partial charge on any atom is -0.345 e. The van der Waals surface area contributed by atoms with Crippen LogP contribution in [0.2, 0.25) is 0 Å². The summed E-state index contributed by atoms with van der Waals surface area (Å²) in [6.07, 6.45) is 2.80. The molecule has 0 fully saturated rings. The highest BCUT2D eigenvalue weighted by Crippen LogP contribution is 2.49. The van der Waals surface area contributed by atoms with Gasteiger partial charge in [-0.2, -0.15) is 0 Å². The number of halogens is 5. The van der Waals surface area contributed by atoms with E-state index in [-0.39, 0.29) is 0 Å². The molecule has 1 N–H and O–H groups in total. The van der Waals surface area contributed by atoms with Crippen molar-refractivity contribution < 1.29 is 0 Å². The highest BCUT2D eigenvalue weighted by atomic mass is 35.5. The zero-order chi connectivity index (χ0) is 10.6. The van der Waals surface area contributed by atoms with Crippen LogP contribution in [0.4, 0.5) is 0 Å². The number of hydrogen-bond donors (Lipinski definition) is 1. The minimum atomic E-state index is -1.67. The van der Waals surface area contributed by atoms with Crippen molar-refractivity contribution in [3.05, 3.63) is 11.9 Å². The van der Waals surface area contributed by atoms with Gasteiger partial charge in [-0.05, 0) is 11.8 Å². The molecule has 78 valence electrons. The van der Waals surface area contributed by atoms with Crippen LogP contribution in [0, 0.1) is 0 Å². The fraction of sp³-hybridized carbons (Fsp3) is 0.400. The van der Waals surface area contributed by atoms with Crippen LogP contribution in [-0.4, -0.2) is 24.9 Å². The van der Waals surface area contributed by atoms with E-state index in [2.05, 4.69) is 10.3 Å². The molecule has 0 aliphatic carbocycles. The van der Waals surface area contributed by atoms with Crippen LogP contribution >= 0.6 is 58.4 Å². The zero-order valence-corrected chi connectivity index (χ0v) is 10.2. The molecule has 9 heteroatoms. The van der Waals surface area contributed by atoms with Gasteiger partial charge in [0, 0.05) is 18.0 Å². The lowest BCUT2D eigenvalue weighted by Crippen LogP contribution is -2.56. The number of nitrogens with one attached hydrogen (secondary N) is 1. The third kappa shape index (κ3) is 1.29. The first kappa shape index (κ1) is 10.9. The van der Waals surface area contributed by atoms with Gasteiger partial charge in [-0.15, -0.1) is 4.42 Å². The van der Waals surface area contributed by atoms with E-state index in [1.807, 2.05) is 0 Å². The van der Waals surface area contributed by atoms with E-state index in [1.165, 1.54) is 12.5 Å². The topological polar surface area (TPSA) is 30.9 Å². The average Bonchev–Trinajstić information content (AvgIpc) is 2.46. The molecule has 2 heterocycles. The molecule has 2 rings (SSSR count). The molecule has 14 heavy (non-hydrogen) atoms. The molecule has 2 aliphatic heterocycles. The maximum Gasteiger partial charge on any atom is 0.280 e. The third-order valence-corrected chi connectivity index (χ3v) is 4.23. The van der Waals surface area contributed by atoms with Crippen molar-refractivity contribution in [1.82, 2.24) is 14.2 Å². The van der Waals surface area contributed by atoms with Gasteiger partial charge in [-0.25, -0.2) is 9.41 Å². The Morgan fingerprint density at radius 3 is 2.57 bits per heavy atom. The molecule has 0 spiro atoms. The van der Waals surface area contributed by atoms with Gasteiger partial charge >= 0.3 is 0 Å². The average molecular weight is 296 g/mol. The van der Waals surface area contributed by atoms with Gasteiger partial charge in [-0.1, -0.05) is 34.8 Å². The highest BCUT2D eigenvalue weighted by Gasteiger charge is 2.56. The molecule has 1 unspecified atom stereocenters. The first-order chi connectivity index (χ1) is 6.39. The van der Waals surface area contributed by atoms with Gasteiger partial charge in [0.1, 0.15) is 0 Å². The Labute approximate surface area is 105 Å². The van der Waals surface area contributed by atoms with Crippen molar-refractivity contribution in [2.24, 2.45) is 4.99 Å². The molecule has 0 aromatic rings. The van der Waals surface area contributed by atoms with Crippen molar-refractivity contribution >= 4 is 64.7 Å². The Morgan fingerprint density at radius 2 is 1.93 bits per heavy atom. The Balaban J connectivity index is 2.50. The second-order valence-corrected chi connectivity index (χ2v) is 5.11. The summed E-state index contributed by atoms with van der Waals surface area (Å²) in [6.45, 7) is 0. The predicted octanol–water partition coefficient (Wildman–Crippen LogP) is 2.37. The second-order valence-electron chi connectivity index (χ2n) is 2.63. The summed E-state index contributed by atoms with van der Waals surface area (Å²) >= 11 is 29.4. The lowest BCUT2D eigenvalue weighted by atomic mass is 10.3. The van der Waals surface area contributed by atoms with Crippen molar-refractivity contribution in [1.29, 1.82) is 0 Å². The van der Waals surface area contributed by atoms with Crippen molar-refractivity contribution in [2.45, 2.75) is 9.70 Å². The van der Waals surface area contributed by atoms with Crippen molar-refractivity contribution in [2.75, 3.05) is 0 Å². The number of nitrogens with zero attached hydrogens (tertiary/aromatic N) is 3. The summed E-state index contributed by atoms with van der Waals surface area (Å²) in [5.74, 6) is 0. The SMILES string of the molecule is ClN1C=C2NC=NC2(Cl)N(Cl)C1(Cl)Cl. The van der Waals surface area contributed by atoms with E-state index >= 15 is 0 Å². The highest BCUT2D eigenvalue weighted by molar-refractivity contribution is 6.52. The fourth-order valence-corrected chi connectivity index (χ4v) is 2.21. The van der Waals surface area contributed by atoms with Crippen LogP contribution in [0.5, 0.6) is 0 Å². The molecule has 0 saturated carbocycles. The number of aliphatic imine (C=N–C) groups is 1. The number of fused-ring (bicyclic) bond motifs is 1. The molecule has 0 saturated heterocycles. The lowest BCUT2D eigenvalue weighted by molar-refractivity contribution is 0.189. The van der Waals surface area contributed by atoms with Crippen LogP contribution in [0.3, 0.4) is 0 Å². The Kier molecular flexibility index (Phi) is 2.50.